The van der Waals surface area contributed by atoms with Gasteiger partial charge in [0.15, 0.2) is 0 Å². The molecule has 1 fully saturated rings. The molecule has 3 aromatic heterocycles. The zero-order chi connectivity index (χ0) is 24.5. The maximum atomic E-state index is 12.7. The van der Waals surface area contributed by atoms with Crippen LogP contribution >= 0.6 is 0 Å². The summed E-state index contributed by atoms with van der Waals surface area (Å²) in [6.07, 6.45) is 4.30. The van der Waals surface area contributed by atoms with Gasteiger partial charge in [0.05, 0.1) is 37.3 Å². The van der Waals surface area contributed by atoms with Crippen molar-refractivity contribution in [3.63, 3.8) is 0 Å². The number of carbonyl (C=O) groups excluding carboxylic acids is 1. The molecular formula is C21H22F3N9O. The minimum atomic E-state index is -4.55. The molecule has 1 aliphatic heterocycles. The van der Waals surface area contributed by atoms with Gasteiger partial charge in [0, 0.05) is 36.1 Å². The van der Waals surface area contributed by atoms with Gasteiger partial charge in [0.25, 0.3) is 5.91 Å². The van der Waals surface area contributed by atoms with Gasteiger partial charge in [0.2, 0.25) is 0 Å². The van der Waals surface area contributed by atoms with Crippen molar-refractivity contribution >= 4 is 11.7 Å². The van der Waals surface area contributed by atoms with Crippen LogP contribution in [0.3, 0.4) is 0 Å². The van der Waals surface area contributed by atoms with E-state index in [0.717, 1.165) is 36.4 Å². The van der Waals surface area contributed by atoms with E-state index < -0.39 is 23.7 Å². The number of halogens is 3. The number of hydrogen-bond acceptors (Lipinski definition) is 7. The highest BCUT2D eigenvalue weighted by Crippen LogP contribution is 2.36. The van der Waals surface area contributed by atoms with E-state index in [0.29, 0.717) is 18.9 Å². The second-order valence-electron chi connectivity index (χ2n) is 8.20. The Morgan fingerprint density at radius 3 is 2.68 bits per heavy atom. The van der Waals surface area contributed by atoms with Gasteiger partial charge in [-0.1, -0.05) is 6.92 Å². The molecule has 0 unspecified atom stereocenters. The fraction of sp³-hybridized carbons (Fsp3) is 0.429. The fourth-order valence-corrected chi connectivity index (χ4v) is 3.82. The molecule has 0 spiro atoms. The van der Waals surface area contributed by atoms with Gasteiger partial charge >= 0.3 is 6.18 Å². The van der Waals surface area contributed by atoms with E-state index in [-0.39, 0.29) is 12.1 Å². The number of nitrogens with one attached hydrogen (secondary N) is 2. The average Bonchev–Trinajstić information content (AvgIpc) is 3.44. The highest BCUT2D eigenvalue weighted by Gasteiger charge is 2.46. The lowest BCUT2D eigenvalue weighted by Crippen LogP contribution is -2.63. The molecule has 4 heterocycles. The first-order valence-electron chi connectivity index (χ1n) is 10.6. The molecule has 4 rings (SSSR count). The minimum absolute atomic E-state index is 0.216. The number of aromatic amines is 1. The molecule has 2 N–H and O–H groups in total. The Balaban J connectivity index is 1.46. The van der Waals surface area contributed by atoms with Crippen LogP contribution < -0.4 is 10.2 Å². The van der Waals surface area contributed by atoms with Crippen molar-refractivity contribution in [3.05, 3.63) is 42.4 Å². The Labute approximate surface area is 192 Å². The summed E-state index contributed by atoms with van der Waals surface area (Å²) < 4.78 is 39.7. The minimum Gasteiger partial charge on any atom is -0.350 e. The van der Waals surface area contributed by atoms with Crippen molar-refractivity contribution in [1.82, 2.24) is 35.3 Å². The molecule has 1 aliphatic rings. The molecule has 0 radical (unpaired) electrons. The first kappa shape index (κ1) is 23.2. The van der Waals surface area contributed by atoms with Crippen molar-refractivity contribution in [2.75, 3.05) is 18.0 Å². The highest BCUT2D eigenvalue weighted by molar-refractivity contribution is 5.92. The van der Waals surface area contributed by atoms with E-state index in [2.05, 4.69) is 31.3 Å². The summed E-state index contributed by atoms with van der Waals surface area (Å²) in [5.74, 6) is -0.509. The lowest BCUT2D eigenvalue weighted by atomic mass is 9.87. The van der Waals surface area contributed by atoms with Crippen LogP contribution in [0.25, 0.3) is 11.1 Å². The lowest BCUT2D eigenvalue weighted by molar-refractivity contribution is -0.149. The van der Waals surface area contributed by atoms with E-state index in [1.807, 2.05) is 23.3 Å². The summed E-state index contributed by atoms with van der Waals surface area (Å²) in [7, 11) is 0. The fourth-order valence-electron chi connectivity index (χ4n) is 3.82. The molecule has 1 atom stereocenters. The van der Waals surface area contributed by atoms with Gasteiger partial charge < -0.3 is 10.2 Å². The zero-order valence-corrected chi connectivity index (χ0v) is 18.5. The maximum Gasteiger partial charge on any atom is 0.408 e. The summed E-state index contributed by atoms with van der Waals surface area (Å²) >= 11 is 0. The number of nitrogens with zero attached hydrogens (tertiary/aromatic N) is 7. The number of aromatic nitrogens is 6. The molecular weight excluding hydrogens is 451 g/mol. The van der Waals surface area contributed by atoms with Crippen molar-refractivity contribution in [1.29, 1.82) is 5.26 Å². The number of rotatable bonds is 7. The monoisotopic (exact) mass is 473 g/mol. The molecule has 178 valence electrons. The topological polar surface area (TPSA) is 128 Å². The molecule has 1 saturated heterocycles. The van der Waals surface area contributed by atoms with Crippen molar-refractivity contribution in [2.24, 2.45) is 0 Å². The predicted octanol–water partition coefficient (Wildman–Crippen LogP) is 2.44. The molecule has 1 amide bonds. The molecule has 0 aromatic carbocycles. The van der Waals surface area contributed by atoms with E-state index in [4.69, 9.17) is 0 Å². The van der Waals surface area contributed by atoms with Crippen LogP contribution in [0, 0.1) is 11.3 Å². The first-order chi connectivity index (χ1) is 16.2. The molecule has 0 aliphatic carbocycles. The summed E-state index contributed by atoms with van der Waals surface area (Å²) in [4.78, 5) is 22.0. The standard InChI is InChI=1S/C21H22F3N9O/c1-3-16-15(7-28-31-16)14-6-29-33(10-14)20(4-5-25)11-32(12-20)18-9-26-17(8-27-18)19(34)30-13(2)21(22,23)24/h6-10,13H,3-4,11-12H2,1-2H3,(H,28,31)(H,30,34)/t13-/m0/s1. The van der Waals surface area contributed by atoms with E-state index in [9.17, 15) is 23.2 Å². The Kier molecular flexibility index (Phi) is 5.99. The van der Waals surface area contributed by atoms with Crippen LogP contribution in [0.1, 0.15) is 36.5 Å². The predicted molar refractivity (Wildman–Crippen MR) is 115 cm³/mol. The van der Waals surface area contributed by atoms with Crippen LogP contribution in [-0.4, -0.2) is 61.2 Å². The highest BCUT2D eigenvalue weighted by atomic mass is 19.4. The van der Waals surface area contributed by atoms with Gasteiger partial charge in [-0.2, -0.15) is 28.6 Å². The van der Waals surface area contributed by atoms with Gasteiger partial charge in [0.1, 0.15) is 23.1 Å². The van der Waals surface area contributed by atoms with Crippen molar-refractivity contribution in [2.45, 2.75) is 44.4 Å². The summed E-state index contributed by atoms with van der Waals surface area (Å²) in [5, 5.41) is 22.8. The second kappa shape index (κ2) is 8.77. The average molecular weight is 473 g/mol. The number of hydrogen-bond donors (Lipinski definition) is 2. The van der Waals surface area contributed by atoms with Crippen LogP contribution in [0.2, 0.25) is 0 Å². The van der Waals surface area contributed by atoms with Crippen LogP contribution in [-0.2, 0) is 12.0 Å². The maximum absolute atomic E-state index is 12.7. The van der Waals surface area contributed by atoms with E-state index in [1.165, 1.54) is 6.20 Å². The number of nitriles is 1. The molecule has 10 nitrogen and oxygen atoms in total. The molecule has 13 heteroatoms. The normalized spacial score (nSPS) is 15.9. The number of amides is 1. The number of anilines is 1. The van der Waals surface area contributed by atoms with Gasteiger partial charge in [-0.3, -0.25) is 14.6 Å². The molecule has 0 saturated carbocycles. The Morgan fingerprint density at radius 2 is 2.06 bits per heavy atom. The Bertz CT molecular complexity index is 1200. The Hall–Kier alpha value is -3.95. The SMILES string of the molecule is CCc1[nH]ncc1-c1cnn(C2(CC#N)CN(c3cnc(C(=O)N[C@@H](C)C(F)(F)F)cn3)C2)c1. The van der Waals surface area contributed by atoms with Crippen LogP contribution in [0.5, 0.6) is 0 Å². The zero-order valence-electron chi connectivity index (χ0n) is 18.5. The Morgan fingerprint density at radius 1 is 1.29 bits per heavy atom. The molecule has 34 heavy (non-hydrogen) atoms. The third kappa shape index (κ3) is 4.30. The van der Waals surface area contributed by atoms with Crippen molar-refractivity contribution < 1.29 is 18.0 Å². The van der Waals surface area contributed by atoms with E-state index >= 15 is 0 Å². The third-order valence-electron chi connectivity index (χ3n) is 5.86. The summed E-state index contributed by atoms with van der Waals surface area (Å²) in [5.41, 5.74) is 2.06. The third-order valence-corrected chi connectivity index (χ3v) is 5.86. The number of carbonyl (C=O) groups is 1. The van der Waals surface area contributed by atoms with Crippen LogP contribution in [0.4, 0.5) is 19.0 Å². The first-order valence-corrected chi connectivity index (χ1v) is 10.6. The number of H-pyrrole nitrogens is 1. The summed E-state index contributed by atoms with van der Waals surface area (Å²) in [6.45, 7) is 3.73. The smallest absolute Gasteiger partial charge is 0.350 e. The van der Waals surface area contributed by atoms with E-state index in [1.54, 1.807) is 17.1 Å². The molecule has 3 aromatic rings. The lowest BCUT2D eigenvalue weighted by Gasteiger charge is -2.49. The second-order valence-corrected chi connectivity index (χ2v) is 8.20. The number of aryl methyl sites for hydroxylation is 1. The molecule has 0 bridgehead atoms. The van der Waals surface area contributed by atoms with Crippen molar-refractivity contribution in [3.8, 4) is 17.2 Å². The van der Waals surface area contributed by atoms with Gasteiger partial charge in [-0.15, -0.1) is 0 Å². The largest absolute Gasteiger partial charge is 0.408 e. The quantitative estimate of drug-likeness (QED) is 0.539. The van der Waals surface area contributed by atoms with Crippen LogP contribution in [0.15, 0.2) is 31.0 Å². The van der Waals surface area contributed by atoms with Gasteiger partial charge in [-0.25, -0.2) is 9.97 Å². The van der Waals surface area contributed by atoms with Gasteiger partial charge in [-0.05, 0) is 13.3 Å². The number of alkyl halides is 3. The summed E-state index contributed by atoms with van der Waals surface area (Å²) in [6, 6.07) is 0.213.